The van der Waals surface area contributed by atoms with Crippen LogP contribution in [0.5, 0.6) is 5.75 Å². The molecule has 3 aliphatic rings. The van der Waals surface area contributed by atoms with Gasteiger partial charge >= 0.3 is 0 Å². The Balaban J connectivity index is 1.71. The monoisotopic (exact) mass is 582 g/mol. The number of ketones is 4. The number of aliphatic hydroxyl groups is 1. The van der Waals surface area contributed by atoms with E-state index >= 15 is 0 Å². The summed E-state index contributed by atoms with van der Waals surface area (Å²) in [6.45, 7) is 16.5. The predicted molar refractivity (Wildman–Crippen MR) is 167 cm³/mol. The number of aryl methyl sites for hydroxylation is 1. The molecule has 0 aromatic heterocycles. The first kappa shape index (κ1) is 30.8. The maximum absolute atomic E-state index is 14.7. The number of fused-ring (bicyclic) bond motifs is 3. The zero-order valence-corrected chi connectivity index (χ0v) is 26.5. The molecule has 43 heavy (non-hydrogen) atoms. The van der Waals surface area contributed by atoms with Gasteiger partial charge < -0.3 is 10.2 Å². The van der Waals surface area contributed by atoms with Gasteiger partial charge in [0.15, 0.2) is 23.0 Å². The SMILES string of the molecule is CC(=O)C1=C(C)[C@@H](C(C)C)[C@]2(C)[C@@H](C)[C@@]3(C)C(C(=O)c4c(ccc(C=Cc5ccc(C)cc5)c4O)[C@@H]3C)C(=O)[C@]2(O)C1=O. The quantitative estimate of drug-likeness (QED) is 0.242. The molecule has 226 valence electrons. The third-order valence-electron chi connectivity index (χ3n) is 11.6. The molecule has 2 aromatic carbocycles. The van der Waals surface area contributed by atoms with E-state index in [-0.39, 0.29) is 28.7 Å². The molecule has 1 fully saturated rings. The Morgan fingerprint density at radius 2 is 1.56 bits per heavy atom. The van der Waals surface area contributed by atoms with E-state index in [9.17, 15) is 29.4 Å². The molecule has 7 atom stereocenters. The van der Waals surface area contributed by atoms with Crippen LogP contribution < -0.4 is 0 Å². The third-order valence-corrected chi connectivity index (χ3v) is 11.6. The topological polar surface area (TPSA) is 109 Å². The van der Waals surface area contributed by atoms with E-state index in [2.05, 4.69) is 0 Å². The van der Waals surface area contributed by atoms with E-state index in [4.69, 9.17) is 0 Å². The van der Waals surface area contributed by atoms with Crippen LogP contribution in [0.1, 0.15) is 93.9 Å². The number of allylic oxidation sites excluding steroid dienone is 1. The number of aromatic hydroxyl groups is 1. The van der Waals surface area contributed by atoms with Crippen LogP contribution in [-0.4, -0.2) is 38.9 Å². The zero-order chi connectivity index (χ0) is 32.0. The van der Waals surface area contributed by atoms with Crippen molar-refractivity contribution >= 4 is 35.3 Å². The number of phenols is 1. The number of hydrogen-bond donors (Lipinski definition) is 2. The largest absolute Gasteiger partial charge is 0.507 e. The first-order valence-corrected chi connectivity index (χ1v) is 15.1. The molecule has 0 saturated heterocycles. The number of Topliss-reactive ketones (excluding diaryl/α,β-unsaturated/α-hetero) is 4. The molecular weight excluding hydrogens is 540 g/mol. The molecule has 0 aliphatic heterocycles. The van der Waals surface area contributed by atoms with Crippen molar-refractivity contribution in [2.75, 3.05) is 0 Å². The lowest BCUT2D eigenvalue weighted by atomic mass is 9.35. The van der Waals surface area contributed by atoms with Gasteiger partial charge in [0.2, 0.25) is 5.78 Å². The number of benzene rings is 2. The molecule has 0 bridgehead atoms. The van der Waals surface area contributed by atoms with Gasteiger partial charge in [-0.3, -0.25) is 19.2 Å². The average molecular weight is 583 g/mol. The van der Waals surface area contributed by atoms with E-state index in [1.807, 2.05) is 78.0 Å². The molecule has 3 aliphatic carbocycles. The van der Waals surface area contributed by atoms with Crippen LogP contribution >= 0.6 is 0 Å². The fraction of sp³-hybridized carbons (Fsp3) is 0.459. The average Bonchev–Trinajstić information content (AvgIpc) is 2.93. The molecular formula is C37H42O6. The van der Waals surface area contributed by atoms with Gasteiger partial charge in [0.1, 0.15) is 5.75 Å². The summed E-state index contributed by atoms with van der Waals surface area (Å²) in [6.07, 6.45) is 3.57. The van der Waals surface area contributed by atoms with Crippen LogP contribution in [0, 0.1) is 41.4 Å². The van der Waals surface area contributed by atoms with Crippen molar-refractivity contribution in [2.45, 2.75) is 73.8 Å². The summed E-state index contributed by atoms with van der Waals surface area (Å²) in [4.78, 5) is 56.1. The Kier molecular flexibility index (Phi) is 7.13. The highest BCUT2D eigenvalue weighted by Gasteiger charge is 2.77. The first-order chi connectivity index (χ1) is 20.0. The molecule has 0 radical (unpaired) electrons. The predicted octanol–water partition coefficient (Wildman–Crippen LogP) is 6.51. The fourth-order valence-electron chi connectivity index (χ4n) is 9.16. The first-order valence-electron chi connectivity index (χ1n) is 15.1. The summed E-state index contributed by atoms with van der Waals surface area (Å²) < 4.78 is 0. The van der Waals surface area contributed by atoms with E-state index < -0.39 is 57.3 Å². The van der Waals surface area contributed by atoms with E-state index in [0.717, 1.165) is 11.1 Å². The van der Waals surface area contributed by atoms with E-state index in [0.29, 0.717) is 16.7 Å². The highest BCUT2D eigenvalue weighted by Crippen LogP contribution is 2.69. The summed E-state index contributed by atoms with van der Waals surface area (Å²) in [7, 11) is 0. The van der Waals surface area contributed by atoms with Crippen LogP contribution in [-0.2, 0) is 14.4 Å². The van der Waals surface area contributed by atoms with E-state index in [1.165, 1.54) is 6.92 Å². The van der Waals surface area contributed by atoms with Crippen molar-refractivity contribution in [3.05, 3.63) is 75.4 Å². The number of rotatable bonds is 4. The zero-order valence-electron chi connectivity index (χ0n) is 26.5. The van der Waals surface area contributed by atoms with Crippen LogP contribution in [0.4, 0.5) is 0 Å². The second-order valence-corrected chi connectivity index (χ2v) is 13.8. The number of phenolic OH excluding ortho intramolecular Hbond substituents is 1. The van der Waals surface area contributed by atoms with Crippen molar-refractivity contribution < 1.29 is 29.4 Å². The number of carbonyl (C=O) groups is 4. The Hall–Kier alpha value is -3.64. The lowest BCUT2D eigenvalue weighted by molar-refractivity contribution is -0.211. The highest BCUT2D eigenvalue weighted by molar-refractivity contribution is 6.33. The van der Waals surface area contributed by atoms with Crippen molar-refractivity contribution in [1.29, 1.82) is 0 Å². The highest BCUT2D eigenvalue weighted by atomic mass is 16.3. The van der Waals surface area contributed by atoms with Crippen LogP contribution in [0.3, 0.4) is 0 Å². The smallest absolute Gasteiger partial charge is 0.206 e. The second-order valence-electron chi connectivity index (χ2n) is 13.8. The van der Waals surface area contributed by atoms with E-state index in [1.54, 1.807) is 26.0 Å². The van der Waals surface area contributed by atoms with Crippen molar-refractivity contribution in [3.8, 4) is 5.75 Å². The van der Waals surface area contributed by atoms with Gasteiger partial charge in [-0.05, 0) is 61.0 Å². The maximum Gasteiger partial charge on any atom is 0.206 e. The summed E-state index contributed by atoms with van der Waals surface area (Å²) in [5.74, 6) is -5.94. The number of carbonyl (C=O) groups excluding carboxylic acids is 4. The van der Waals surface area contributed by atoms with Crippen LogP contribution in [0.15, 0.2) is 47.5 Å². The molecule has 6 heteroatoms. The minimum atomic E-state index is -2.57. The lowest BCUT2D eigenvalue weighted by Gasteiger charge is -2.66. The Labute approximate surface area is 253 Å². The summed E-state index contributed by atoms with van der Waals surface area (Å²) in [5, 5.41) is 23.9. The summed E-state index contributed by atoms with van der Waals surface area (Å²) in [5.41, 5.74) is -1.23. The normalized spacial score (nSPS) is 34.0. The third kappa shape index (κ3) is 3.81. The van der Waals surface area contributed by atoms with Crippen molar-refractivity contribution in [1.82, 2.24) is 0 Å². The van der Waals surface area contributed by atoms with Crippen molar-refractivity contribution in [3.63, 3.8) is 0 Å². The fourth-order valence-corrected chi connectivity index (χ4v) is 9.16. The summed E-state index contributed by atoms with van der Waals surface area (Å²) in [6, 6.07) is 11.5. The Morgan fingerprint density at radius 3 is 2.12 bits per heavy atom. The summed E-state index contributed by atoms with van der Waals surface area (Å²) >= 11 is 0. The molecule has 2 N–H and O–H groups in total. The molecule has 6 nitrogen and oxygen atoms in total. The molecule has 2 aromatic rings. The molecule has 0 spiro atoms. The second kappa shape index (κ2) is 9.95. The minimum absolute atomic E-state index is 0.0518. The van der Waals surface area contributed by atoms with Crippen molar-refractivity contribution in [2.24, 2.45) is 34.5 Å². The lowest BCUT2D eigenvalue weighted by Crippen LogP contribution is -2.77. The standard InChI is InChI=1S/C37H42O6/c1-18(2)29-20(4)27(22(6)38)33(41)37(43)34(42)30-32(40)28-26(21(5)35(30,8)23(7)36(29,37)9)17-16-25(31(28)39)15-14-24-12-10-19(3)11-13-24/h10-18,21,23,29-30,39,43H,1-9H3/t21-,23-,29+,30?,35-,36-,37+/m0/s1. The Morgan fingerprint density at radius 1 is 0.953 bits per heavy atom. The van der Waals surface area contributed by atoms with Gasteiger partial charge in [0.25, 0.3) is 0 Å². The van der Waals surface area contributed by atoms with Gasteiger partial charge in [-0.15, -0.1) is 0 Å². The minimum Gasteiger partial charge on any atom is -0.507 e. The van der Waals surface area contributed by atoms with Gasteiger partial charge in [-0.2, -0.15) is 0 Å². The molecule has 1 saturated carbocycles. The van der Waals surface area contributed by atoms with Gasteiger partial charge in [0.05, 0.1) is 17.1 Å². The maximum atomic E-state index is 14.7. The molecule has 5 rings (SSSR count). The van der Waals surface area contributed by atoms with Crippen LogP contribution in [0.25, 0.3) is 12.2 Å². The molecule has 0 amide bonds. The van der Waals surface area contributed by atoms with Gasteiger partial charge in [-0.1, -0.05) is 101 Å². The molecule has 0 heterocycles. The van der Waals surface area contributed by atoms with Crippen LogP contribution in [0.2, 0.25) is 0 Å². The molecule has 1 unspecified atom stereocenters. The Bertz CT molecular complexity index is 1640. The number of hydrogen-bond acceptors (Lipinski definition) is 6. The van der Waals surface area contributed by atoms with Gasteiger partial charge in [-0.25, -0.2) is 0 Å². The van der Waals surface area contributed by atoms with Gasteiger partial charge in [0, 0.05) is 11.0 Å².